The SMILES string of the molecule is CN(CC(=O)O)c1cc(-c2ccccc2)c2cc(CCC3=NC=CC=[SH]3)ccc2n1. The second kappa shape index (κ2) is 9.05. The molecule has 2 heterocycles. The number of carboxylic acid groups (broad SMARTS) is 1. The van der Waals surface area contributed by atoms with Crippen LogP contribution < -0.4 is 4.90 Å². The van der Waals surface area contributed by atoms with Crippen molar-refractivity contribution in [1.82, 2.24) is 4.98 Å². The van der Waals surface area contributed by atoms with Crippen LogP contribution in [0.1, 0.15) is 12.0 Å². The number of aryl methyl sites for hydroxylation is 1. The number of carbonyl (C=O) groups is 1. The second-order valence-corrected chi connectivity index (χ2v) is 8.23. The second-order valence-electron chi connectivity index (χ2n) is 7.16. The predicted molar refractivity (Wildman–Crippen MR) is 128 cm³/mol. The summed E-state index contributed by atoms with van der Waals surface area (Å²) in [4.78, 5) is 22.0. The molecule has 0 bridgehead atoms. The van der Waals surface area contributed by atoms with Gasteiger partial charge < -0.3 is 10.0 Å². The number of hydrogen-bond donors (Lipinski definition) is 2. The molecule has 0 radical (unpaired) electrons. The van der Waals surface area contributed by atoms with Crippen LogP contribution >= 0.6 is 11.4 Å². The summed E-state index contributed by atoms with van der Waals surface area (Å²) in [5, 5.41) is 13.5. The molecule has 4 rings (SSSR count). The molecule has 30 heavy (non-hydrogen) atoms. The third kappa shape index (κ3) is 4.66. The van der Waals surface area contributed by atoms with Crippen molar-refractivity contribution in [2.24, 2.45) is 4.99 Å². The summed E-state index contributed by atoms with van der Waals surface area (Å²) >= 11 is 1.17. The highest BCUT2D eigenvalue weighted by Gasteiger charge is 2.13. The number of aromatic nitrogens is 1. The van der Waals surface area contributed by atoms with E-state index in [9.17, 15) is 4.79 Å². The number of fused-ring (bicyclic) bond motifs is 1. The highest BCUT2D eigenvalue weighted by Crippen LogP contribution is 2.32. The number of carboxylic acids is 1. The molecule has 6 heteroatoms. The summed E-state index contributed by atoms with van der Waals surface area (Å²) in [6.45, 7) is -0.0996. The number of anilines is 1. The van der Waals surface area contributed by atoms with Gasteiger partial charge in [-0.2, -0.15) is 11.4 Å². The van der Waals surface area contributed by atoms with Gasteiger partial charge in [0.25, 0.3) is 0 Å². The Morgan fingerprint density at radius 3 is 2.67 bits per heavy atom. The normalized spacial score (nSPS) is 13.0. The minimum atomic E-state index is -0.881. The molecule has 2 aromatic carbocycles. The Hall–Kier alpha value is -3.25. The topological polar surface area (TPSA) is 65.8 Å². The van der Waals surface area contributed by atoms with Gasteiger partial charge in [-0.05, 0) is 59.2 Å². The van der Waals surface area contributed by atoms with Gasteiger partial charge in [0.05, 0.1) is 10.6 Å². The Morgan fingerprint density at radius 1 is 1.10 bits per heavy atom. The Bertz CT molecular complexity index is 1170. The molecule has 0 amide bonds. The number of benzene rings is 2. The third-order valence-electron chi connectivity index (χ3n) is 4.96. The Morgan fingerprint density at radius 2 is 1.93 bits per heavy atom. The monoisotopic (exact) mass is 417 g/mol. The molecule has 0 saturated carbocycles. The lowest BCUT2D eigenvalue weighted by Crippen LogP contribution is -2.26. The molecule has 0 atom stereocenters. The van der Waals surface area contributed by atoms with E-state index in [0.29, 0.717) is 5.82 Å². The van der Waals surface area contributed by atoms with Crippen molar-refractivity contribution in [2.45, 2.75) is 12.8 Å². The summed E-state index contributed by atoms with van der Waals surface area (Å²) < 4.78 is 0. The summed E-state index contributed by atoms with van der Waals surface area (Å²) in [5.41, 5.74) is 4.23. The molecule has 0 unspecified atom stereocenters. The molecule has 1 aliphatic rings. The maximum absolute atomic E-state index is 11.2. The summed E-state index contributed by atoms with van der Waals surface area (Å²) in [6.07, 6.45) is 5.65. The van der Waals surface area contributed by atoms with Crippen molar-refractivity contribution in [2.75, 3.05) is 18.5 Å². The maximum atomic E-state index is 11.2. The Labute approximate surface area is 179 Å². The van der Waals surface area contributed by atoms with Gasteiger partial charge in [-0.1, -0.05) is 36.4 Å². The zero-order valence-electron chi connectivity index (χ0n) is 16.7. The van der Waals surface area contributed by atoms with E-state index in [1.807, 2.05) is 42.6 Å². The maximum Gasteiger partial charge on any atom is 0.323 e. The van der Waals surface area contributed by atoms with Gasteiger partial charge in [-0.3, -0.25) is 9.79 Å². The minimum Gasteiger partial charge on any atom is -0.480 e. The fourth-order valence-corrected chi connectivity index (χ4v) is 4.18. The van der Waals surface area contributed by atoms with Crippen LogP contribution in [-0.2, 0) is 11.2 Å². The van der Waals surface area contributed by atoms with E-state index in [1.54, 1.807) is 11.9 Å². The van der Waals surface area contributed by atoms with Crippen LogP contribution in [-0.4, -0.2) is 40.1 Å². The molecule has 0 saturated heterocycles. The van der Waals surface area contributed by atoms with Crippen molar-refractivity contribution in [3.63, 3.8) is 0 Å². The van der Waals surface area contributed by atoms with Gasteiger partial charge >= 0.3 is 5.97 Å². The molecule has 3 aromatic rings. The number of nitrogens with zero attached hydrogens (tertiary/aromatic N) is 3. The number of pyridine rings is 1. The number of hydrogen-bond acceptors (Lipinski definition) is 4. The van der Waals surface area contributed by atoms with Crippen molar-refractivity contribution in [1.29, 1.82) is 0 Å². The van der Waals surface area contributed by atoms with E-state index in [0.717, 1.165) is 34.9 Å². The smallest absolute Gasteiger partial charge is 0.323 e. The van der Waals surface area contributed by atoms with Gasteiger partial charge in [-0.15, -0.1) is 0 Å². The first-order valence-corrected chi connectivity index (χ1v) is 10.7. The van der Waals surface area contributed by atoms with Gasteiger partial charge in [0.15, 0.2) is 0 Å². The fourth-order valence-electron chi connectivity index (χ4n) is 3.47. The first-order valence-electron chi connectivity index (χ1n) is 9.78. The predicted octanol–water partition coefficient (Wildman–Crippen LogP) is 4.55. The third-order valence-corrected chi connectivity index (χ3v) is 5.92. The van der Waals surface area contributed by atoms with Crippen molar-refractivity contribution in [3.8, 4) is 11.1 Å². The molecule has 1 aliphatic heterocycles. The molecule has 152 valence electrons. The lowest BCUT2D eigenvalue weighted by atomic mass is 9.98. The zero-order chi connectivity index (χ0) is 20.9. The average molecular weight is 418 g/mol. The van der Waals surface area contributed by atoms with E-state index >= 15 is 0 Å². The van der Waals surface area contributed by atoms with Crippen LogP contribution in [0.2, 0.25) is 0 Å². The number of aliphatic carboxylic acids is 1. The van der Waals surface area contributed by atoms with E-state index in [1.165, 1.54) is 22.0 Å². The van der Waals surface area contributed by atoms with Crippen LogP contribution in [0.3, 0.4) is 0 Å². The molecular weight excluding hydrogens is 394 g/mol. The lowest BCUT2D eigenvalue weighted by Gasteiger charge is -2.18. The first kappa shape index (κ1) is 20.0. The molecule has 0 fully saturated rings. The summed E-state index contributed by atoms with van der Waals surface area (Å²) in [6, 6.07) is 18.5. The summed E-state index contributed by atoms with van der Waals surface area (Å²) in [5.74, 6) is -0.234. The highest BCUT2D eigenvalue weighted by atomic mass is 32.1. The molecule has 0 aliphatic carbocycles. The highest BCUT2D eigenvalue weighted by molar-refractivity contribution is 8.12. The number of rotatable bonds is 7. The summed E-state index contributed by atoms with van der Waals surface area (Å²) in [7, 11) is 1.75. The van der Waals surface area contributed by atoms with Crippen LogP contribution in [0.4, 0.5) is 5.82 Å². The van der Waals surface area contributed by atoms with Gasteiger partial charge in [0, 0.05) is 18.6 Å². The van der Waals surface area contributed by atoms with Crippen LogP contribution in [0.25, 0.3) is 22.0 Å². The van der Waals surface area contributed by atoms with Gasteiger partial charge in [-0.25, -0.2) is 4.98 Å². The number of thiol groups is 1. The van der Waals surface area contributed by atoms with Crippen LogP contribution in [0, 0.1) is 0 Å². The van der Waals surface area contributed by atoms with Crippen molar-refractivity contribution < 1.29 is 9.90 Å². The van der Waals surface area contributed by atoms with Gasteiger partial charge in [0.2, 0.25) is 0 Å². The standard InChI is InChI=1S/C24H23N3O2S/c1-27(16-24(28)29)22-15-19(18-6-3-2-4-7-18)20-14-17(8-10-21(20)26-22)9-11-23-25-12-5-13-30-23/h2-8,10,12-15,30H,9,11,16H2,1H3,(H,28,29). The van der Waals surface area contributed by atoms with E-state index in [4.69, 9.17) is 10.1 Å². The van der Waals surface area contributed by atoms with E-state index in [2.05, 4.69) is 34.6 Å². The van der Waals surface area contributed by atoms with Crippen molar-refractivity contribution in [3.05, 3.63) is 72.4 Å². The molecule has 5 nitrogen and oxygen atoms in total. The Kier molecular flexibility index (Phi) is 6.05. The van der Waals surface area contributed by atoms with E-state index < -0.39 is 5.97 Å². The molecule has 0 spiro atoms. The molecule has 1 aromatic heterocycles. The number of likely N-dealkylation sites (N-methyl/N-ethyl adjacent to an activating group) is 1. The fraction of sp³-hybridized carbons (Fsp3) is 0.167. The van der Waals surface area contributed by atoms with Crippen LogP contribution in [0.15, 0.2) is 71.9 Å². The number of aliphatic imine (C=N–C) groups is 1. The zero-order valence-corrected chi connectivity index (χ0v) is 17.6. The Balaban J connectivity index is 1.74. The van der Waals surface area contributed by atoms with Gasteiger partial charge in [0.1, 0.15) is 12.4 Å². The largest absolute Gasteiger partial charge is 0.480 e. The first-order chi connectivity index (χ1) is 14.6. The van der Waals surface area contributed by atoms with Crippen molar-refractivity contribution >= 4 is 44.5 Å². The quantitative estimate of drug-likeness (QED) is 0.437. The van der Waals surface area contributed by atoms with E-state index in [-0.39, 0.29) is 6.54 Å². The lowest BCUT2D eigenvalue weighted by molar-refractivity contribution is -0.135. The molecular formula is C24H23N3O2S. The number of allylic oxidation sites excluding steroid dienone is 1. The molecule has 1 N–H and O–H groups in total. The van der Waals surface area contributed by atoms with Crippen LogP contribution in [0.5, 0.6) is 0 Å². The minimum absolute atomic E-state index is 0.0996. The average Bonchev–Trinajstić information content (AvgIpc) is 2.77.